The fraction of sp³-hybridized carbons (Fsp3) is 0.375. The number of carboxylic acids is 1. The van der Waals surface area contributed by atoms with E-state index in [1.54, 1.807) is 6.08 Å². The number of hydrogen-bond acceptors (Lipinski definition) is 3. The minimum absolute atomic E-state index is 0.190. The number of carbonyl (C=O) groups is 3. The summed E-state index contributed by atoms with van der Waals surface area (Å²) in [5, 5.41) is 7.42. The van der Waals surface area contributed by atoms with Crippen molar-refractivity contribution in [1.29, 1.82) is 0 Å². The van der Waals surface area contributed by atoms with E-state index in [0.29, 0.717) is 6.54 Å². The van der Waals surface area contributed by atoms with Crippen molar-refractivity contribution in [1.82, 2.24) is 4.90 Å². The molecule has 0 saturated carbocycles. The van der Waals surface area contributed by atoms with E-state index in [1.807, 2.05) is 0 Å². The summed E-state index contributed by atoms with van der Waals surface area (Å²) >= 11 is 0. The second kappa shape index (κ2) is 5.08. The van der Waals surface area contributed by atoms with Crippen molar-refractivity contribution in [3.63, 3.8) is 0 Å². The maximum Gasteiger partial charge on any atom is 0.300 e. The van der Waals surface area contributed by atoms with Crippen molar-refractivity contribution in [3.05, 3.63) is 12.2 Å². The van der Waals surface area contributed by atoms with Gasteiger partial charge in [-0.15, -0.1) is 0 Å². The molecule has 72 valence electrons. The lowest BCUT2D eigenvalue weighted by Crippen LogP contribution is -2.29. The summed E-state index contributed by atoms with van der Waals surface area (Å²) in [6.45, 7) is 2.90. The van der Waals surface area contributed by atoms with Gasteiger partial charge < -0.3 is 5.11 Å². The quantitative estimate of drug-likeness (QED) is 0.577. The van der Waals surface area contributed by atoms with Crippen LogP contribution in [0.3, 0.4) is 0 Å². The molecule has 0 aliphatic carbocycles. The Balaban J connectivity index is 0.000000310. The Morgan fingerprint density at radius 1 is 1.46 bits per heavy atom. The van der Waals surface area contributed by atoms with Crippen LogP contribution in [-0.4, -0.2) is 34.3 Å². The van der Waals surface area contributed by atoms with Crippen LogP contribution in [0.5, 0.6) is 0 Å². The van der Waals surface area contributed by atoms with Gasteiger partial charge in [0.05, 0.1) is 0 Å². The van der Waals surface area contributed by atoms with Gasteiger partial charge in [0, 0.05) is 26.5 Å². The summed E-state index contributed by atoms with van der Waals surface area (Å²) in [5.74, 6) is -1.23. The number of carboxylic acid groups (broad SMARTS) is 1. The monoisotopic (exact) mass is 185 g/mol. The van der Waals surface area contributed by atoms with E-state index in [1.165, 1.54) is 17.9 Å². The molecule has 0 unspecified atom stereocenters. The SMILES string of the molecule is CC(=O)N1CC=CC1=O.CC(=O)O. The summed E-state index contributed by atoms with van der Waals surface area (Å²) < 4.78 is 0. The fourth-order valence-corrected chi connectivity index (χ4v) is 0.723. The molecule has 1 aliphatic heterocycles. The topological polar surface area (TPSA) is 74.7 Å². The lowest BCUT2D eigenvalue weighted by molar-refractivity contribution is -0.139. The zero-order valence-electron chi connectivity index (χ0n) is 7.48. The Morgan fingerprint density at radius 2 is 1.92 bits per heavy atom. The summed E-state index contributed by atoms with van der Waals surface area (Å²) in [4.78, 5) is 31.3. The Hall–Kier alpha value is -1.65. The third-order valence-electron chi connectivity index (χ3n) is 1.19. The van der Waals surface area contributed by atoms with E-state index in [4.69, 9.17) is 9.90 Å². The molecule has 13 heavy (non-hydrogen) atoms. The Bertz CT molecular complexity index is 253. The highest BCUT2D eigenvalue weighted by molar-refractivity contribution is 6.02. The number of imide groups is 1. The predicted molar refractivity (Wildman–Crippen MR) is 44.8 cm³/mol. The molecule has 0 atom stereocenters. The zero-order valence-corrected chi connectivity index (χ0v) is 7.48. The minimum atomic E-state index is -0.833. The molecule has 0 aromatic rings. The first-order valence-electron chi connectivity index (χ1n) is 3.63. The van der Waals surface area contributed by atoms with E-state index in [-0.39, 0.29) is 11.8 Å². The molecular weight excluding hydrogens is 174 g/mol. The lowest BCUT2D eigenvalue weighted by Gasteiger charge is -2.08. The third-order valence-corrected chi connectivity index (χ3v) is 1.19. The van der Waals surface area contributed by atoms with E-state index >= 15 is 0 Å². The van der Waals surface area contributed by atoms with Gasteiger partial charge >= 0.3 is 0 Å². The lowest BCUT2D eigenvalue weighted by atomic mass is 10.5. The van der Waals surface area contributed by atoms with E-state index in [0.717, 1.165) is 6.92 Å². The van der Waals surface area contributed by atoms with E-state index < -0.39 is 5.97 Å². The standard InChI is InChI=1S/C6H7NO2.C2H4O2/c1-5(8)7-4-2-3-6(7)9;1-2(3)4/h2-3H,4H2,1H3;1H3,(H,3,4). The Labute approximate surface area is 75.6 Å². The second-order valence-electron chi connectivity index (χ2n) is 2.39. The number of rotatable bonds is 0. The highest BCUT2D eigenvalue weighted by Crippen LogP contribution is 1.99. The molecule has 0 saturated heterocycles. The molecule has 0 spiro atoms. The first-order chi connectivity index (χ1) is 5.95. The summed E-state index contributed by atoms with van der Waals surface area (Å²) in [7, 11) is 0. The van der Waals surface area contributed by atoms with Crippen LogP contribution in [0.2, 0.25) is 0 Å². The van der Waals surface area contributed by atoms with Crippen molar-refractivity contribution in [3.8, 4) is 0 Å². The highest BCUT2D eigenvalue weighted by atomic mass is 16.4. The smallest absolute Gasteiger partial charge is 0.300 e. The van der Waals surface area contributed by atoms with Crippen molar-refractivity contribution < 1.29 is 19.5 Å². The Morgan fingerprint density at radius 3 is 2.08 bits per heavy atom. The van der Waals surface area contributed by atoms with E-state index in [9.17, 15) is 9.59 Å². The van der Waals surface area contributed by atoms with Crippen LogP contribution in [0.15, 0.2) is 12.2 Å². The molecule has 0 aromatic heterocycles. The molecule has 1 rings (SSSR count). The van der Waals surface area contributed by atoms with Crippen molar-refractivity contribution >= 4 is 17.8 Å². The van der Waals surface area contributed by atoms with Crippen LogP contribution in [-0.2, 0) is 14.4 Å². The van der Waals surface area contributed by atoms with Gasteiger partial charge in [0.1, 0.15) is 0 Å². The van der Waals surface area contributed by atoms with Crippen LogP contribution in [0, 0.1) is 0 Å². The molecule has 1 heterocycles. The number of amides is 2. The van der Waals surface area contributed by atoms with Crippen molar-refractivity contribution in [2.45, 2.75) is 13.8 Å². The van der Waals surface area contributed by atoms with Crippen LogP contribution in [0.25, 0.3) is 0 Å². The maximum atomic E-state index is 10.6. The predicted octanol–water partition coefficient (Wildman–Crippen LogP) is 0.0222. The molecule has 0 aromatic carbocycles. The largest absolute Gasteiger partial charge is 0.481 e. The zero-order chi connectivity index (χ0) is 10.4. The van der Waals surface area contributed by atoms with Crippen LogP contribution in [0.4, 0.5) is 0 Å². The molecule has 5 nitrogen and oxygen atoms in total. The molecule has 2 amide bonds. The van der Waals surface area contributed by atoms with Gasteiger partial charge in [-0.2, -0.15) is 0 Å². The first-order valence-corrected chi connectivity index (χ1v) is 3.63. The normalized spacial score (nSPS) is 13.7. The number of aliphatic carboxylic acids is 1. The number of hydrogen-bond donors (Lipinski definition) is 1. The molecule has 0 fully saturated rings. The number of carbonyl (C=O) groups excluding carboxylic acids is 2. The summed E-state index contributed by atoms with van der Waals surface area (Å²) in [5.41, 5.74) is 0. The molecule has 0 radical (unpaired) electrons. The fourth-order valence-electron chi connectivity index (χ4n) is 0.723. The molecule has 0 bridgehead atoms. The van der Waals surface area contributed by atoms with Gasteiger partial charge in [-0.25, -0.2) is 0 Å². The van der Waals surface area contributed by atoms with Gasteiger partial charge in [0.2, 0.25) is 5.91 Å². The van der Waals surface area contributed by atoms with Crippen LogP contribution in [0.1, 0.15) is 13.8 Å². The average molecular weight is 185 g/mol. The summed E-state index contributed by atoms with van der Waals surface area (Å²) in [6.07, 6.45) is 3.07. The van der Waals surface area contributed by atoms with Crippen LogP contribution < -0.4 is 0 Å². The van der Waals surface area contributed by atoms with Gasteiger partial charge in [-0.1, -0.05) is 6.08 Å². The van der Waals surface area contributed by atoms with E-state index in [2.05, 4.69) is 0 Å². The summed E-state index contributed by atoms with van der Waals surface area (Å²) in [6, 6.07) is 0. The highest BCUT2D eigenvalue weighted by Gasteiger charge is 2.17. The first kappa shape index (κ1) is 11.4. The minimum Gasteiger partial charge on any atom is -0.481 e. The average Bonchev–Trinajstić information content (AvgIpc) is 2.33. The third kappa shape index (κ3) is 4.73. The Kier molecular flexibility index (Phi) is 4.43. The maximum absolute atomic E-state index is 10.6. The van der Waals surface area contributed by atoms with Crippen molar-refractivity contribution in [2.75, 3.05) is 6.54 Å². The van der Waals surface area contributed by atoms with Gasteiger partial charge in [-0.3, -0.25) is 19.3 Å². The number of nitrogens with zero attached hydrogens (tertiary/aromatic N) is 1. The van der Waals surface area contributed by atoms with Crippen LogP contribution >= 0.6 is 0 Å². The second-order valence-corrected chi connectivity index (χ2v) is 2.39. The van der Waals surface area contributed by atoms with Gasteiger partial charge in [0.15, 0.2) is 0 Å². The molecule has 1 aliphatic rings. The molecular formula is C8H11NO4. The van der Waals surface area contributed by atoms with Gasteiger partial charge in [0.25, 0.3) is 11.9 Å². The van der Waals surface area contributed by atoms with Crippen molar-refractivity contribution in [2.24, 2.45) is 0 Å². The molecule has 1 N–H and O–H groups in total. The molecule has 5 heteroatoms. The van der Waals surface area contributed by atoms with Gasteiger partial charge in [-0.05, 0) is 0 Å².